The molecule has 1 fully saturated rings. The molecule has 1 aromatic carbocycles. The number of amides is 3. The molecule has 0 atom stereocenters. The quantitative estimate of drug-likeness (QED) is 0.896. The number of para-hydroxylation sites is 1. The van der Waals surface area contributed by atoms with Crippen molar-refractivity contribution in [1.29, 1.82) is 0 Å². The lowest BCUT2D eigenvalue weighted by Gasteiger charge is -2.25. The fraction of sp³-hybridized carbons (Fsp3) is 0.600. The molecule has 1 aromatic rings. The minimum atomic E-state index is -0.0426. The fourth-order valence-electron chi connectivity index (χ4n) is 2.95. The molecule has 0 bridgehead atoms. The predicted molar refractivity (Wildman–Crippen MR) is 102 cm³/mol. The highest BCUT2D eigenvalue weighted by atomic mass is 16.5. The highest BCUT2D eigenvalue weighted by molar-refractivity contribution is 5.80. The topological polar surface area (TPSA) is 61.9 Å². The molecule has 0 aliphatic carbocycles. The van der Waals surface area contributed by atoms with Crippen LogP contribution in [-0.4, -0.2) is 61.6 Å². The lowest BCUT2D eigenvalue weighted by molar-refractivity contribution is -0.130. The second-order valence-electron chi connectivity index (χ2n) is 7.93. The first-order valence-corrected chi connectivity index (χ1v) is 9.22. The molecule has 26 heavy (non-hydrogen) atoms. The Kier molecular flexibility index (Phi) is 6.89. The fourth-order valence-corrected chi connectivity index (χ4v) is 2.95. The molecule has 3 amide bonds. The van der Waals surface area contributed by atoms with E-state index in [4.69, 9.17) is 4.74 Å². The van der Waals surface area contributed by atoms with Gasteiger partial charge in [0.2, 0.25) is 5.91 Å². The predicted octanol–water partition coefficient (Wildman–Crippen LogP) is 2.53. The zero-order valence-corrected chi connectivity index (χ0v) is 16.4. The average Bonchev–Trinajstić information content (AvgIpc) is 2.85. The highest BCUT2D eigenvalue weighted by Gasteiger charge is 2.23. The number of hydrogen-bond donors (Lipinski definition) is 1. The molecule has 1 saturated heterocycles. The Morgan fingerprint density at radius 1 is 1.08 bits per heavy atom. The van der Waals surface area contributed by atoms with Gasteiger partial charge in [0.1, 0.15) is 5.75 Å². The average molecular weight is 361 g/mol. The second-order valence-corrected chi connectivity index (χ2v) is 7.93. The van der Waals surface area contributed by atoms with Gasteiger partial charge in [-0.2, -0.15) is 0 Å². The summed E-state index contributed by atoms with van der Waals surface area (Å²) in [5.41, 5.74) is 0.946. The summed E-state index contributed by atoms with van der Waals surface area (Å²) in [7, 11) is 1.61. The third-order valence-electron chi connectivity index (χ3n) is 4.44. The molecule has 1 aliphatic rings. The molecule has 144 valence electrons. The zero-order chi connectivity index (χ0) is 19.2. The number of carbonyl (C=O) groups is 2. The number of methoxy groups -OCH3 is 1. The first-order valence-electron chi connectivity index (χ1n) is 9.22. The molecule has 6 heteroatoms. The van der Waals surface area contributed by atoms with Crippen molar-refractivity contribution in [3.63, 3.8) is 0 Å². The third kappa shape index (κ3) is 5.93. The molecule has 1 heterocycles. The van der Waals surface area contributed by atoms with Crippen molar-refractivity contribution >= 4 is 11.9 Å². The van der Waals surface area contributed by atoms with Gasteiger partial charge >= 0.3 is 6.03 Å². The third-order valence-corrected chi connectivity index (χ3v) is 4.44. The number of ether oxygens (including phenoxy) is 1. The van der Waals surface area contributed by atoms with Crippen LogP contribution in [0.4, 0.5) is 4.79 Å². The molecule has 2 rings (SSSR count). The normalized spacial score (nSPS) is 15.4. The van der Waals surface area contributed by atoms with Gasteiger partial charge in [-0.1, -0.05) is 39.0 Å². The summed E-state index contributed by atoms with van der Waals surface area (Å²) in [6.45, 7) is 9.39. The molecule has 6 nitrogen and oxygen atoms in total. The standard InChI is InChI=1S/C20H31N3O3/c1-20(2,3)15-21-19(25)23-11-7-10-22(12-13-23)18(24)14-16-8-5-6-9-17(16)26-4/h5-6,8-9H,7,10-15H2,1-4H3,(H,21,25). The minimum Gasteiger partial charge on any atom is -0.496 e. The van der Waals surface area contributed by atoms with Crippen molar-refractivity contribution in [2.24, 2.45) is 5.41 Å². The summed E-state index contributed by atoms with van der Waals surface area (Å²) in [5, 5.41) is 2.99. The van der Waals surface area contributed by atoms with E-state index in [0.717, 1.165) is 17.7 Å². The molecular formula is C20H31N3O3. The molecule has 1 aliphatic heterocycles. The van der Waals surface area contributed by atoms with E-state index in [2.05, 4.69) is 26.1 Å². The number of hydrogen-bond acceptors (Lipinski definition) is 3. The SMILES string of the molecule is COc1ccccc1CC(=O)N1CCCN(C(=O)NCC(C)(C)C)CC1. The van der Waals surface area contributed by atoms with Gasteiger partial charge in [0.05, 0.1) is 13.5 Å². The Hall–Kier alpha value is -2.24. The largest absolute Gasteiger partial charge is 0.496 e. The number of benzene rings is 1. The maximum absolute atomic E-state index is 12.7. The molecule has 0 aromatic heterocycles. The van der Waals surface area contributed by atoms with E-state index in [1.807, 2.05) is 34.1 Å². The van der Waals surface area contributed by atoms with Crippen molar-refractivity contribution < 1.29 is 14.3 Å². The number of rotatable bonds is 4. The van der Waals surface area contributed by atoms with E-state index in [1.165, 1.54) is 0 Å². The lowest BCUT2D eigenvalue weighted by atomic mass is 9.97. The van der Waals surface area contributed by atoms with Gasteiger partial charge in [-0.25, -0.2) is 4.79 Å². The van der Waals surface area contributed by atoms with Gasteiger partial charge in [-0.3, -0.25) is 4.79 Å². The van der Waals surface area contributed by atoms with E-state index in [1.54, 1.807) is 7.11 Å². The van der Waals surface area contributed by atoms with Gasteiger partial charge in [-0.05, 0) is 17.9 Å². The van der Waals surface area contributed by atoms with Gasteiger partial charge in [0, 0.05) is 38.3 Å². The summed E-state index contributed by atoms with van der Waals surface area (Å²) in [4.78, 5) is 28.7. The summed E-state index contributed by atoms with van der Waals surface area (Å²) in [6.07, 6.45) is 1.11. The molecule has 0 unspecified atom stereocenters. The van der Waals surface area contributed by atoms with Gasteiger partial charge in [0.15, 0.2) is 0 Å². The first kappa shape index (κ1) is 20.1. The van der Waals surface area contributed by atoms with Crippen LogP contribution in [0.5, 0.6) is 5.75 Å². The van der Waals surface area contributed by atoms with Crippen molar-refractivity contribution in [3.8, 4) is 5.75 Å². The Bertz CT molecular complexity index is 625. The Labute approximate surface area is 156 Å². The summed E-state index contributed by atoms with van der Waals surface area (Å²) in [5.74, 6) is 0.810. The van der Waals surface area contributed by atoms with Crippen molar-refractivity contribution in [1.82, 2.24) is 15.1 Å². The Morgan fingerprint density at radius 2 is 1.73 bits per heavy atom. The zero-order valence-electron chi connectivity index (χ0n) is 16.4. The van der Waals surface area contributed by atoms with Crippen LogP contribution < -0.4 is 10.1 Å². The first-order chi connectivity index (χ1) is 12.3. The Balaban J connectivity index is 1.89. The van der Waals surface area contributed by atoms with Gasteiger partial charge < -0.3 is 19.9 Å². The smallest absolute Gasteiger partial charge is 0.317 e. The number of carbonyl (C=O) groups excluding carboxylic acids is 2. The van der Waals surface area contributed by atoms with Crippen molar-refractivity contribution in [3.05, 3.63) is 29.8 Å². The van der Waals surface area contributed by atoms with Crippen LogP contribution in [0.2, 0.25) is 0 Å². The molecular weight excluding hydrogens is 330 g/mol. The van der Waals surface area contributed by atoms with Crippen LogP contribution in [0.25, 0.3) is 0 Å². The molecule has 0 radical (unpaired) electrons. The minimum absolute atomic E-state index is 0.0426. The van der Waals surface area contributed by atoms with Gasteiger partial charge in [0.25, 0.3) is 0 Å². The summed E-state index contributed by atoms with van der Waals surface area (Å²) in [6, 6.07) is 7.55. The molecule has 0 saturated carbocycles. The van der Waals surface area contributed by atoms with Crippen LogP contribution in [0, 0.1) is 5.41 Å². The van der Waals surface area contributed by atoms with Crippen LogP contribution in [-0.2, 0) is 11.2 Å². The van der Waals surface area contributed by atoms with Crippen LogP contribution in [0.15, 0.2) is 24.3 Å². The van der Waals surface area contributed by atoms with Crippen molar-refractivity contribution in [2.45, 2.75) is 33.6 Å². The summed E-state index contributed by atoms with van der Waals surface area (Å²) < 4.78 is 5.33. The van der Waals surface area contributed by atoms with Crippen LogP contribution in [0.3, 0.4) is 0 Å². The Morgan fingerprint density at radius 3 is 2.42 bits per heavy atom. The van der Waals surface area contributed by atoms with Crippen LogP contribution >= 0.6 is 0 Å². The van der Waals surface area contributed by atoms with Gasteiger partial charge in [-0.15, -0.1) is 0 Å². The highest BCUT2D eigenvalue weighted by Crippen LogP contribution is 2.19. The molecule has 1 N–H and O–H groups in total. The van der Waals surface area contributed by atoms with E-state index < -0.39 is 0 Å². The van der Waals surface area contributed by atoms with E-state index in [-0.39, 0.29) is 17.4 Å². The summed E-state index contributed by atoms with van der Waals surface area (Å²) >= 11 is 0. The number of nitrogens with zero attached hydrogens (tertiary/aromatic N) is 2. The maximum atomic E-state index is 12.7. The molecule has 0 spiro atoms. The van der Waals surface area contributed by atoms with E-state index in [0.29, 0.717) is 39.1 Å². The number of urea groups is 1. The second kappa shape index (κ2) is 8.92. The van der Waals surface area contributed by atoms with Crippen LogP contribution in [0.1, 0.15) is 32.8 Å². The lowest BCUT2D eigenvalue weighted by Crippen LogP contribution is -2.45. The van der Waals surface area contributed by atoms with E-state index in [9.17, 15) is 9.59 Å². The maximum Gasteiger partial charge on any atom is 0.317 e. The number of nitrogens with one attached hydrogen (secondary N) is 1. The van der Waals surface area contributed by atoms with Crippen molar-refractivity contribution in [2.75, 3.05) is 39.8 Å². The monoisotopic (exact) mass is 361 g/mol. The van der Waals surface area contributed by atoms with E-state index >= 15 is 0 Å².